The third-order valence-corrected chi connectivity index (χ3v) is 3.20. The van der Waals surface area contributed by atoms with Crippen molar-refractivity contribution in [2.75, 3.05) is 0 Å². The first-order valence-corrected chi connectivity index (χ1v) is 6.75. The van der Waals surface area contributed by atoms with Crippen LogP contribution in [0.3, 0.4) is 0 Å². The zero-order valence-corrected chi connectivity index (χ0v) is 11.6. The van der Waals surface area contributed by atoms with Crippen molar-refractivity contribution in [3.05, 3.63) is 78.0 Å². The minimum Gasteiger partial charge on any atom is -0.267 e. The number of hydrazine groups is 1. The Kier molecular flexibility index (Phi) is 3.78. The molecule has 0 unspecified atom stereocenters. The number of pyridine rings is 1. The van der Waals surface area contributed by atoms with Crippen LogP contribution < -0.4 is 10.9 Å². The highest BCUT2D eigenvalue weighted by Gasteiger charge is 2.12. The quantitative estimate of drug-likeness (QED) is 0.712. The van der Waals surface area contributed by atoms with Crippen LogP contribution in [0.2, 0.25) is 0 Å². The van der Waals surface area contributed by atoms with Gasteiger partial charge in [0.25, 0.3) is 11.8 Å². The molecule has 2 N–H and O–H groups in total. The fourth-order valence-electron chi connectivity index (χ4n) is 2.13. The van der Waals surface area contributed by atoms with Gasteiger partial charge in [-0.3, -0.25) is 25.4 Å². The summed E-state index contributed by atoms with van der Waals surface area (Å²) < 4.78 is 0. The van der Waals surface area contributed by atoms with Crippen molar-refractivity contribution in [1.82, 2.24) is 15.8 Å². The van der Waals surface area contributed by atoms with Gasteiger partial charge >= 0.3 is 0 Å². The van der Waals surface area contributed by atoms with Gasteiger partial charge in [-0.1, -0.05) is 36.4 Å². The molecule has 0 aliphatic carbocycles. The van der Waals surface area contributed by atoms with Crippen molar-refractivity contribution in [2.45, 2.75) is 0 Å². The normalized spacial score (nSPS) is 10.2. The molecule has 0 aliphatic rings. The van der Waals surface area contributed by atoms with E-state index in [1.54, 1.807) is 48.7 Å². The van der Waals surface area contributed by atoms with E-state index in [-0.39, 0.29) is 5.91 Å². The molecule has 3 rings (SSSR count). The number of aromatic nitrogens is 1. The fourth-order valence-corrected chi connectivity index (χ4v) is 2.13. The number of carbonyl (C=O) groups is 2. The van der Waals surface area contributed by atoms with Crippen LogP contribution in [0.1, 0.15) is 20.7 Å². The van der Waals surface area contributed by atoms with Crippen molar-refractivity contribution in [1.29, 1.82) is 0 Å². The molecule has 0 saturated heterocycles. The van der Waals surface area contributed by atoms with Gasteiger partial charge in [-0.15, -0.1) is 0 Å². The molecule has 0 spiro atoms. The molecule has 22 heavy (non-hydrogen) atoms. The summed E-state index contributed by atoms with van der Waals surface area (Å²) in [5.74, 6) is -0.782. The molecule has 0 radical (unpaired) electrons. The second-order valence-corrected chi connectivity index (χ2v) is 4.65. The van der Waals surface area contributed by atoms with Gasteiger partial charge in [-0.25, -0.2) is 0 Å². The summed E-state index contributed by atoms with van der Waals surface area (Å²) in [7, 11) is 0. The molecule has 5 nitrogen and oxygen atoms in total. The lowest BCUT2D eigenvalue weighted by Crippen LogP contribution is -2.41. The number of benzene rings is 2. The van der Waals surface area contributed by atoms with Crippen molar-refractivity contribution in [3.63, 3.8) is 0 Å². The number of nitrogens with one attached hydrogen (secondary N) is 2. The smallest absolute Gasteiger partial charge is 0.267 e. The molecule has 5 heteroatoms. The zero-order valence-electron chi connectivity index (χ0n) is 11.6. The van der Waals surface area contributed by atoms with Gasteiger partial charge in [0, 0.05) is 17.1 Å². The van der Waals surface area contributed by atoms with Crippen LogP contribution in [0.25, 0.3) is 10.9 Å². The molecule has 108 valence electrons. The Bertz CT molecular complexity index is 826. The van der Waals surface area contributed by atoms with E-state index in [0.717, 1.165) is 5.39 Å². The summed E-state index contributed by atoms with van der Waals surface area (Å²) in [4.78, 5) is 28.3. The lowest BCUT2D eigenvalue weighted by Gasteiger charge is -2.08. The lowest BCUT2D eigenvalue weighted by atomic mass is 10.1. The van der Waals surface area contributed by atoms with Crippen molar-refractivity contribution >= 4 is 22.7 Å². The fraction of sp³-hybridized carbons (Fsp3) is 0. The van der Waals surface area contributed by atoms with E-state index < -0.39 is 5.91 Å². The van der Waals surface area contributed by atoms with Crippen LogP contribution in [0.5, 0.6) is 0 Å². The number of rotatable bonds is 2. The first kappa shape index (κ1) is 13.8. The maximum Gasteiger partial charge on any atom is 0.271 e. The summed E-state index contributed by atoms with van der Waals surface area (Å²) in [6.45, 7) is 0. The van der Waals surface area contributed by atoms with Gasteiger partial charge in [-0.2, -0.15) is 0 Å². The Morgan fingerprint density at radius 1 is 0.773 bits per heavy atom. The topological polar surface area (TPSA) is 71.1 Å². The summed E-state index contributed by atoms with van der Waals surface area (Å²) in [6.07, 6.45) is 1.63. The van der Waals surface area contributed by atoms with Gasteiger partial charge in [-0.05, 0) is 24.3 Å². The first-order chi connectivity index (χ1) is 10.8. The third kappa shape index (κ3) is 2.78. The standard InChI is InChI=1S/C17H13N3O2/c21-16(13-6-2-1-3-7-13)19-20-17(22)14-10-4-8-12-9-5-11-18-15(12)14/h1-11H,(H,19,21)(H,20,22). The number of nitrogens with zero attached hydrogens (tertiary/aromatic N) is 1. The highest BCUT2D eigenvalue weighted by Crippen LogP contribution is 2.15. The molecule has 2 aromatic carbocycles. The molecule has 3 aromatic rings. The van der Waals surface area contributed by atoms with Crippen LogP contribution in [-0.2, 0) is 0 Å². The van der Waals surface area contributed by atoms with E-state index in [2.05, 4.69) is 15.8 Å². The van der Waals surface area contributed by atoms with Gasteiger partial charge in [0.05, 0.1) is 11.1 Å². The molecule has 0 aliphatic heterocycles. The minimum atomic E-state index is -0.409. The number of para-hydroxylation sites is 1. The Labute approximate surface area is 127 Å². The van der Waals surface area contributed by atoms with Crippen molar-refractivity contribution < 1.29 is 9.59 Å². The van der Waals surface area contributed by atoms with Gasteiger partial charge in [0.15, 0.2) is 0 Å². The molecule has 1 aromatic heterocycles. The van der Waals surface area contributed by atoms with Crippen molar-refractivity contribution in [3.8, 4) is 0 Å². The second-order valence-electron chi connectivity index (χ2n) is 4.65. The molecule has 1 heterocycles. The first-order valence-electron chi connectivity index (χ1n) is 6.75. The van der Waals surface area contributed by atoms with Gasteiger partial charge in [0.1, 0.15) is 0 Å². The Hall–Kier alpha value is -3.21. The largest absolute Gasteiger partial charge is 0.271 e. The number of amides is 2. The van der Waals surface area contributed by atoms with Gasteiger partial charge < -0.3 is 0 Å². The summed E-state index contributed by atoms with van der Waals surface area (Å²) in [5, 5.41) is 0.865. The number of carbonyl (C=O) groups excluding carboxylic acids is 2. The number of hydrogen-bond acceptors (Lipinski definition) is 3. The number of hydrogen-bond donors (Lipinski definition) is 2. The molecular weight excluding hydrogens is 278 g/mol. The third-order valence-electron chi connectivity index (χ3n) is 3.20. The van der Waals surface area contributed by atoms with E-state index in [9.17, 15) is 9.59 Å². The van der Waals surface area contributed by atoms with E-state index in [1.165, 1.54) is 0 Å². The highest BCUT2D eigenvalue weighted by atomic mass is 16.2. The zero-order chi connectivity index (χ0) is 15.4. The molecule has 0 atom stereocenters. The van der Waals surface area contributed by atoms with Gasteiger partial charge in [0.2, 0.25) is 0 Å². The van der Waals surface area contributed by atoms with Crippen LogP contribution >= 0.6 is 0 Å². The summed E-state index contributed by atoms with van der Waals surface area (Å²) in [5.41, 5.74) is 6.28. The SMILES string of the molecule is O=C(NNC(=O)c1cccc2cccnc12)c1ccccc1. The monoisotopic (exact) mass is 291 g/mol. The summed E-state index contributed by atoms with van der Waals surface area (Å²) >= 11 is 0. The maximum atomic E-state index is 12.2. The lowest BCUT2D eigenvalue weighted by molar-refractivity contribution is 0.0847. The summed E-state index contributed by atoms with van der Waals surface area (Å²) in [6, 6.07) is 17.7. The highest BCUT2D eigenvalue weighted by molar-refractivity contribution is 6.06. The minimum absolute atomic E-state index is 0.373. The van der Waals surface area contributed by atoms with Crippen LogP contribution in [0.4, 0.5) is 0 Å². The average molecular weight is 291 g/mol. The van der Waals surface area contributed by atoms with E-state index in [0.29, 0.717) is 16.6 Å². The maximum absolute atomic E-state index is 12.2. The molecular formula is C17H13N3O2. The van der Waals surface area contributed by atoms with E-state index >= 15 is 0 Å². The molecule has 0 bridgehead atoms. The van der Waals surface area contributed by atoms with E-state index in [1.807, 2.05) is 18.2 Å². The Morgan fingerprint density at radius 2 is 1.50 bits per heavy atom. The van der Waals surface area contributed by atoms with Crippen LogP contribution in [0.15, 0.2) is 66.9 Å². The predicted molar refractivity (Wildman–Crippen MR) is 83.1 cm³/mol. The Balaban J connectivity index is 1.76. The second kappa shape index (κ2) is 6.05. The molecule has 2 amide bonds. The van der Waals surface area contributed by atoms with E-state index in [4.69, 9.17) is 0 Å². The number of fused-ring (bicyclic) bond motifs is 1. The average Bonchev–Trinajstić information content (AvgIpc) is 2.59. The predicted octanol–water partition coefficient (Wildman–Crippen LogP) is 2.31. The van der Waals surface area contributed by atoms with Crippen molar-refractivity contribution in [2.24, 2.45) is 0 Å². The van der Waals surface area contributed by atoms with Crippen LogP contribution in [-0.4, -0.2) is 16.8 Å². The molecule has 0 fully saturated rings. The molecule has 0 saturated carbocycles. The van der Waals surface area contributed by atoms with Crippen LogP contribution in [0, 0.1) is 0 Å². The Morgan fingerprint density at radius 3 is 2.32 bits per heavy atom.